The predicted octanol–water partition coefficient (Wildman–Crippen LogP) is 2.38. The highest BCUT2D eigenvalue weighted by molar-refractivity contribution is 6.08. The van der Waals surface area contributed by atoms with Crippen LogP contribution in [0.5, 0.6) is 0 Å². The number of aromatic amines is 1. The quantitative estimate of drug-likeness (QED) is 0.316. The van der Waals surface area contributed by atoms with Gasteiger partial charge in [-0.25, -0.2) is 20.6 Å². The molecule has 31 heavy (non-hydrogen) atoms. The van der Waals surface area contributed by atoms with Crippen LogP contribution in [0.2, 0.25) is 0 Å². The van der Waals surface area contributed by atoms with Gasteiger partial charge in [0.25, 0.3) is 5.91 Å². The second-order valence-corrected chi connectivity index (χ2v) is 7.24. The number of nitrogens with one attached hydrogen (secondary N) is 2. The van der Waals surface area contributed by atoms with E-state index in [1.807, 2.05) is 0 Å². The van der Waals surface area contributed by atoms with Gasteiger partial charge in [0.2, 0.25) is 0 Å². The van der Waals surface area contributed by atoms with Crippen LogP contribution >= 0.6 is 0 Å². The maximum Gasteiger partial charge on any atom is 0.421 e. The third-order valence-electron chi connectivity index (χ3n) is 5.29. The van der Waals surface area contributed by atoms with Gasteiger partial charge in [0, 0.05) is 32.6 Å². The van der Waals surface area contributed by atoms with Gasteiger partial charge >= 0.3 is 12.3 Å². The molecular formula is C18H23F3N6O4. The van der Waals surface area contributed by atoms with Crippen molar-refractivity contribution in [2.75, 3.05) is 30.4 Å². The zero-order chi connectivity index (χ0) is 22.9. The Balaban J connectivity index is 2.12. The first kappa shape index (κ1) is 22.6. The summed E-state index contributed by atoms with van der Waals surface area (Å²) in [6.45, 7) is 1.71. The van der Waals surface area contributed by atoms with Crippen LogP contribution in [0.1, 0.15) is 25.3 Å². The van der Waals surface area contributed by atoms with Gasteiger partial charge in [-0.3, -0.25) is 4.79 Å². The molecule has 13 heteroatoms. The van der Waals surface area contributed by atoms with Crippen LogP contribution in [-0.2, 0) is 15.7 Å². The molecule has 0 bridgehead atoms. The molecule has 1 aliphatic heterocycles. The molecule has 5 N–H and O–H groups in total. The Bertz CT molecular complexity index is 979. The highest BCUT2D eigenvalue weighted by atomic mass is 19.4. The minimum Gasteiger partial charge on any atom is -0.464 e. The number of halogens is 3. The SMILES string of the molecule is CO[C@H](C)C(=O)Nc1c[nH]c2ncc(C(F)(F)F)c(N3CCC[C@@H](N(N)C(=O)O)C3)c12. The molecule has 2 aromatic heterocycles. The lowest BCUT2D eigenvalue weighted by Gasteiger charge is -2.38. The zero-order valence-electron chi connectivity index (χ0n) is 16.9. The molecule has 1 aliphatic rings. The second-order valence-electron chi connectivity index (χ2n) is 7.24. The molecule has 10 nitrogen and oxygen atoms in total. The van der Waals surface area contributed by atoms with E-state index in [2.05, 4.69) is 15.3 Å². The van der Waals surface area contributed by atoms with Gasteiger partial charge in [-0.05, 0) is 19.8 Å². The highest BCUT2D eigenvalue weighted by Gasteiger charge is 2.39. The van der Waals surface area contributed by atoms with E-state index in [1.165, 1.54) is 25.1 Å². The largest absolute Gasteiger partial charge is 0.464 e. The van der Waals surface area contributed by atoms with Gasteiger partial charge in [0.15, 0.2) is 0 Å². The normalized spacial score (nSPS) is 18.1. The number of piperidine rings is 1. The van der Waals surface area contributed by atoms with Crippen molar-refractivity contribution in [2.24, 2.45) is 5.84 Å². The van der Waals surface area contributed by atoms with Gasteiger partial charge in [-0.15, -0.1) is 0 Å². The van der Waals surface area contributed by atoms with Crippen LogP contribution in [0.4, 0.5) is 29.3 Å². The maximum absolute atomic E-state index is 13.9. The van der Waals surface area contributed by atoms with Gasteiger partial charge in [0.1, 0.15) is 11.8 Å². The third kappa shape index (κ3) is 4.51. The van der Waals surface area contributed by atoms with Crippen LogP contribution in [-0.4, -0.2) is 64.4 Å². The summed E-state index contributed by atoms with van der Waals surface area (Å²) in [6, 6.07) is -0.693. The summed E-state index contributed by atoms with van der Waals surface area (Å²) >= 11 is 0. The van der Waals surface area contributed by atoms with Crippen LogP contribution in [0.25, 0.3) is 11.0 Å². The molecule has 0 aromatic carbocycles. The molecule has 2 amide bonds. The maximum atomic E-state index is 13.9. The number of pyridine rings is 1. The Kier molecular flexibility index (Phi) is 6.27. The van der Waals surface area contributed by atoms with E-state index in [4.69, 9.17) is 15.7 Å². The van der Waals surface area contributed by atoms with E-state index >= 15 is 0 Å². The number of carboxylic acid groups (broad SMARTS) is 1. The van der Waals surface area contributed by atoms with E-state index in [-0.39, 0.29) is 35.5 Å². The fourth-order valence-corrected chi connectivity index (χ4v) is 3.60. The summed E-state index contributed by atoms with van der Waals surface area (Å²) in [5, 5.41) is 12.4. The van der Waals surface area contributed by atoms with Crippen LogP contribution in [0.15, 0.2) is 12.4 Å². The number of hydrogen-bond donors (Lipinski definition) is 4. The molecule has 1 saturated heterocycles. The highest BCUT2D eigenvalue weighted by Crippen LogP contribution is 2.43. The lowest BCUT2D eigenvalue weighted by molar-refractivity contribution is -0.137. The number of carbonyl (C=O) groups excluding carboxylic acids is 1. The molecule has 2 aromatic rings. The Morgan fingerprint density at radius 1 is 1.48 bits per heavy atom. The third-order valence-corrected chi connectivity index (χ3v) is 5.29. The summed E-state index contributed by atoms with van der Waals surface area (Å²) < 4.78 is 46.6. The number of hydrogen-bond acceptors (Lipinski definition) is 6. The number of amides is 2. The number of nitrogens with zero attached hydrogens (tertiary/aromatic N) is 3. The predicted molar refractivity (Wildman–Crippen MR) is 105 cm³/mol. The Morgan fingerprint density at radius 3 is 2.81 bits per heavy atom. The summed E-state index contributed by atoms with van der Waals surface area (Å²) in [5.41, 5.74) is -0.923. The number of alkyl halides is 3. The lowest BCUT2D eigenvalue weighted by Crippen LogP contribution is -2.53. The topological polar surface area (TPSA) is 137 Å². The minimum atomic E-state index is -4.73. The molecule has 0 unspecified atom stereocenters. The number of nitrogens with two attached hydrogens (primary N) is 1. The number of methoxy groups -OCH3 is 1. The fraction of sp³-hybridized carbons (Fsp3) is 0.500. The summed E-state index contributed by atoms with van der Waals surface area (Å²) in [5.74, 6) is 5.05. The number of fused-ring (bicyclic) bond motifs is 1. The monoisotopic (exact) mass is 444 g/mol. The molecule has 0 aliphatic carbocycles. The molecule has 170 valence electrons. The second kappa shape index (κ2) is 8.59. The van der Waals surface area contributed by atoms with Gasteiger partial charge < -0.3 is 25.0 Å². The number of hydrazine groups is 1. The lowest BCUT2D eigenvalue weighted by atomic mass is 10.0. The van der Waals surface area contributed by atoms with Gasteiger partial charge in [-0.1, -0.05) is 0 Å². The molecule has 0 spiro atoms. The number of H-pyrrole nitrogens is 1. The number of anilines is 2. The van der Waals surface area contributed by atoms with Crippen molar-refractivity contribution in [2.45, 2.75) is 38.1 Å². The first-order valence-electron chi connectivity index (χ1n) is 9.47. The molecule has 0 saturated carbocycles. The van der Waals surface area contributed by atoms with Crippen molar-refractivity contribution in [1.29, 1.82) is 0 Å². The molecular weight excluding hydrogens is 421 g/mol. The van der Waals surface area contributed by atoms with E-state index < -0.39 is 35.9 Å². The van der Waals surface area contributed by atoms with E-state index in [0.717, 1.165) is 6.20 Å². The zero-order valence-corrected chi connectivity index (χ0v) is 16.9. The minimum absolute atomic E-state index is 0.0436. The summed E-state index contributed by atoms with van der Waals surface area (Å²) in [4.78, 5) is 31.6. The van der Waals surface area contributed by atoms with Crippen molar-refractivity contribution in [3.63, 3.8) is 0 Å². The average Bonchev–Trinajstić information content (AvgIpc) is 3.14. The standard InChI is InChI=1S/C18H23F3N6O4/c1-9(31-2)16(28)25-12-7-24-15-13(12)14(11(6-23-15)18(19,20)21)26-5-3-4-10(8-26)27(22)17(29)30/h6-7,9-10H,3-5,8,22H2,1-2H3,(H,23,24)(H,25,28)(H,29,30)/t9-,10-/m1/s1. The van der Waals surface area contributed by atoms with Crippen LogP contribution in [0.3, 0.4) is 0 Å². The van der Waals surface area contributed by atoms with E-state index in [0.29, 0.717) is 17.9 Å². The number of carbonyl (C=O) groups is 2. The first-order valence-corrected chi connectivity index (χ1v) is 9.47. The summed E-state index contributed by atoms with van der Waals surface area (Å²) in [6.07, 6.45) is -4.00. The fourth-order valence-electron chi connectivity index (χ4n) is 3.60. The number of ether oxygens (including phenoxy) is 1. The number of aromatic nitrogens is 2. The van der Waals surface area contributed by atoms with Crippen LogP contribution < -0.4 is 16.1 Å². The van der Waals surface area contributed by atoms with Crippen molar-refractivity contribution in [3.05, 3.63) is 18.0 Å². The van der Waals surface area contributed by atoms with Crippen molar-refractivity contribution in [3.8, 4) is 0 Å². The molecule has 1 fully saturated rings. The molecule has 3 heterocycles. The Hall–Kier alpha value is -3.06. The van der Waals surface area contributed by atoms with Crippen LogP contribution in [0, 0.1) is 0 Å². The van der Waals surface area contributed by atoms with Gasteiger partial charge in [0.05, 0.1) is 28.4 Å². The number of rotatable bonds is 5. The van der Waals surface area contributed by atoms with Crippen molar-refractivity contribution >= 4 is 34.4 Å². The molecule has 0 radical (unpaired) electrons. The Labute approximate surface area is 175 Å². The average molecular weight is 444 g/mol. The van der Waals surface area contributed by atoms with Crippen molar-refractivity contribution in [1.82, 2.24) is 15.0 Å². The smallest absolute Gasteiger partial charge is 0.421 e. The molecule has 3 rings (SSSR count). The summed E-state index contributed by atoms with van der Waals surface area (Å²) in [7, 11) is 1.34. The Morgan fingerprint density at radius 2 is 2.19 bits per heavy atom. The first-order chi connectivity index (χ1) is 14.5. The van der Waals surface area contributed by atoms with E-state index in [1.54, 1.807) is 0 Å². The van der Waals surface area contributed by atoms with Gasteiger partial charge in [-0.2, -0.15) is 13.2 Å². The molecule has 2 atom stereocenters. The van der Waals surface area contributed by atoms with E-state index in [9.17, 15) is 22.8 Å². The van der Waals surface area contributed by atoms with Crippen molar-refractivity contribution < 1.29 is 32.6 Å².